The molecule has 0 radical (unpaired) electrons. The molecular formula is C6H15NO4S. The van der Waals surface area contributed by atoms with Crippen LogP contribution < -0.4 is 4.72 Å². The van der Waals surface area contributed by atoms with Crippen molar-refractivity contribution in [3.8, 4) is 0 Å². The van der Waals surface area contributed by atoms with Gasteiger partial charge >= 0.3 is 0 Å². The lowest BCUT2D eigenvalue weighted by molar-refractivity contribution is 0.145. The number of sulfonamides is 1. The van der Waals surface area contributed by atoms with Gasteiger partial charge < -0.3 is 10.2 Å². The smallest absolute Gasteiger partial charge is 0.208 e. The van der Waals surface area contributed by atoms with Crippen LogP contribution in [0, 0.1) is 5.92 Å². The molecule has 0 bridgehead atoms. The van der Waals surface area contributed by atoms with Crippen molar-refractivity contribution >= 4 is 10.0 Å². The lowest BCUT2D eigenvalue weighted by Gasteiger charge is -2.09. The molecule has 0 aromatic carbocycles. The van der Waals surface area contributed by atoms with E-state index in [2.05, 4.69) is 4.72 Å². The van der Waals surface area contributed by atoms with Crippen LogP contribution in [0.4, 0.5) is 0 Å². The Bertz CT molecular complexity index is 198. The van der Waals surface area contributed by atoms with Gasteiger partial charge in [-0.3, -0.25) is 0 Å². The van der Waals surface area contributed by atoms with Gasteiger partial charge in [-0.05, 0) is 6.42 Å². The van der Waals surface area contributed by atoms with E-state index in [0.717, 1.165) is 6.26 Å². The third-order valence-corrected chi connectivity index (χ3v) is 2.16. The van der Waals surface area contributed by atoms with Gasteiger partial charge in [0.05, 0.1) is 6.26 Å². The SMILES string of the molecule is CS(=O)(=O)NCCC(CO)CO. The van der Waals surface area contributed by atoms with Crippen LogP contribution in [0.2, 0.25) is 0 Å². The van der Waals surface area contributed by atoms with Gasteiger partial charge in [-0.1, -0.05) is 0 Å². The second kappa shape index (κ2) is 5.47. The first-order valence-electron chi connectivity index (χ1n) is 3.66. The van der Waals surface area contributed by atoms with E-state index in [-0.39, 0.29) is 25.7 Å². The summed E-state index contributed by atoms with van der Waals surface area (Å²) in [4.78, 5) is 0. The maximum atomic E-state index is 10.6. The highest BCUT2D eigenvalue weighted by molar-refractivity contribution is 7.88. The summed E-state index contributed by atoms with van der Waals surface area (Å²) >= 11 is 0. The first-order chi connectivity index (χ1) is 5.49. The first kappa shape index (κ1) is 11.8. The highest BCUT2D eigenvalue weighted by Gasteiger charge is 2.06. The number of hydrogen-bond acceptors (Lipinski definition) is 4. The van der Waals surface area contributed by atoms with Crippen molar-refractivity contribution < 1.29 is 18.6 Å². The molecule has 0 saturated carbocycles. The molecule has 0 heterocycles. The summed E-state index contributed by atoms with van der Waals surface area (Å²) in [6.45, 7) is 0.00844. The monoisotopic (exact) mass is 197 g/mol. The van der Waals surface area contributed by atoms with Gasteiger partial charge in [0.25, 0.3) is 0 Å². The van der Waals surface area contributed by atoms with E-state index in [4.69, 9.17) is 10.2 Å². The van der Waals surface area contributed by atoms with Gasteiger partial charge in [0.2, 0.25) is 10.0 Å². The van der Waals surface area contributed by atoms with Crippen molar-refractivity contribution in [1.29, 1.82) is 0 Å². The summed E-state index contributed by atoms with van der Waals surface area (Å²) in [7, 11) is -3.15. The van der Waals surface area contributed by atoms with Crippen molar-refractivity contribution in [2.24, 2.45) is 5.92 Å². The van der Waals surface area contributed by atoms with E-state index in [1.54, 1.807) is 0 Å². The first-order valence-corrected chi connectivity index (χ1v) is 5.55. The standard InChI is InChI=1S/C6H15NO4S/c1-12(10,11)7-3-2-6(4-8)5-9/h6-9H,2-5H2,1H3. The molecule has 0 fully saturated rings. The van der Waals surface area contributed by atoms with Gasteiger partial charge in [0.1, 0.15) is 0 Å². The molecule has 0 aliphatic carbocycles. The summed E-state index contributed by atoms with van der Waals surface area (Å²) in [5.41, 5.74) is 0. The fraction of sp³-hybridized carbons (Fsp3) is 1.00. The highest BCUT2D eigenvalue weighted by Crippen LogP contribution is 1.98. The minimum atomic E-state index is -3.15. The third kappa shape index (κ3) is 6.53. The van der Waals surface area contributed by atoms with Crippen molar-refractivity contribution in [3.63, 3.8) is 0 Å². The summed E-state index contributed by atoms with van der Waals surface area (Å²) in [5, 5.41) is 17.2. The van der Waals surface area contributed by atoms with Crippen molar-refractivity contribution in [3.05, 3.63) is 0 Å². The van der Waals surface area contributed by atoms with Crippen LogP contribution in [0.5, 0.6) is 0 Å². The minimum Gasteiger partial charge on any atom is -0.396 e. The van der Waals surface area contributed by atoms with Crippen LogP contribution in [0.3, 0.4) is 0 Å². The van der Waals surface area contributed by atoms with Crippen LogP contribution in [-0.2, 0) is 10.0 Å². The number of aliphatic hydroxyl groups excluding tert-OH is 2. The topological polar surface area (TPSA) is 86.6 Å². The number of aliphatic hydroxyl groups is 2. The maximum absolute atomic E-state index is 10.6. The van der Waals surface area contributed by atoms with Gasteiger partial charge in [-0.25, -0.2) is 13.1 Å². The minimum absolute atomic E-state index is 0.123. The maximum Gasteiger partial charge on any atom is 0.208 e. The molecule has 0 amide bonds. The predicted molar refractivity (Wildman–Crippen MR) is 45.1 cm³/mol. The largest absolute Gasteiger partial charge is 0.396 e. The third-order valence-electron chi connectivity index (χ3n) is 1.43. The summed E-state index contributed by atoms with van der Waals surface area (Å²) in [6, 6.07) is 0. The molecule has 0 aromatic heterocycles. The molecule has 3 N–H and O–H groups in total. The fourth-order valence-corrected chi connectivity index (χ4v) is 1.18. The zero-order chi connectivity index (χ0) is 9.61. The molecule has 12 heavy (non-hydrogen) atoms. The van der Waals surface area contributed by atoms with Gasteiger partial charge in [-0.15, -0.1) is 0 Å². The molecular weight excluding hydrogens is 182 g/mol. The Hall–Kier alpha value is -0.170. The number of nitrogens with one attached hydrogen (secondary N) is 1. The Kier molecular flexibility index (Phi) is 5.39. The molecule has 0 rings (SSSR count). The van der Waals surface area contributed by atoms with E-state index < -0.39 is 10.0 Å². The molecule has 5 nitrogen and oxygen atoms in total. The molecule has 0 aliphatic heterocycles. The van der Waals surface area contributed by atoms with Crippen molar-refractivity contribution in [1.82, 2.24) is 4.72 Å². The van der Waals surface area contributed by atoms with Crippen LogP contribution in [0.25, 0.3) is 0 Å². The normalized spacial score (nSPS) is 12.3. The summed E-state index contributed by atoms with van der Waals surface area (Å²) < 4.78 is 23.4. The van der Waals surface area contributed by atoms with Crippen LogP contribution in [0.15, 0.2) is 0 Å². The lowest BCUT2D eigenvalue weighted by atomic mass is 10.1. The second-order valence-electron chi connectivity index (χ2n) is 2.69. The molecule has 0 saturated heterocycles. The van der Waals surface area contributed by atoms with E-state index in [1.165, 1.54) is 0 Å². The van der Waals surface area contributed by atoms with E-state index in [0.29, 0.717) is 6.42 Å². The van der Waals surface area contributed by atoms with Gasteiger partial charge in [0, 0.05) is 25.7 Å². The Morgan fingerprint density at radius 1 is 1.33 bits per heavy atom. The van der Waals surface area contributed by atoms with Gasteiger partial charge in [0.15, 0.2) is 0 Å². The van der Waals surface area contributed by atoms with Crippen LogP contribution in [-0.4, -0.2) is 44.6 Å². The average molecular weight is 197 g/mol. The Balaban J connectivity index is 3.55. The van der Waals surface area contributed by atoms with Crippen LogP contribution >= 0.6 is 0 Å². The van der Waals surface area contributed by atoms with Crippen molar-refractivity contribution in [2.45, 2.75) is 6.42 Å². The zero-order valence-corrected chi connectivity index (χ0v) is 7.84. The molecule has 0 atom stereocenters. The average Bonchev–Trinajstić information content (AvgIpc) is 1.96. The Morgan fingerprint density at radius 2 is 1.83 bits per heavy atom. The van der Waals surface area contributed by atoms with Gasteiger partial charge in [-0.2, -0.15) is 0 Å². The zero-order valence-electron chi connectivity index (χ0n) is 7.02. The molecule has 0 spiro atoms. The van der Waals surface area contributed by atoms with E-state index in [9.17, 15) is 8.42 Å². The molecule has 0 unspecified atom stereocenters. The Morgan fingerprint density at radius 3 is 2.17 bits per heavy atom. The number of rotatable bonds is 6. The molecule has 74 valence electrons. The lowest BCUT2D eigenvalue weighted by Crippen LogP contribution is -2.26. The van der Waals surface area contributed by atoms with E-state index in [1.807, 2.05) is 0 Å². The fourth-order valence-electron chi connectivity index (χ4n) is 0.689. The quantitative estimate of drug-likeness (QED) is 0.485. The summed E-state index contributed by atoms with van der Waals surface area (Å²) in [5.74, 6) is -0.237. The molecule has 6 heteroatoms. The Labute approximate surface area is 72.5 Å². The van der Waals surface area contributed by atoms with Crippen molar-refractivity contribution in [2.75, 3.05) is 26.0 Å². The second-order valence-corrected chi connectivity index (χ2v) is 4.52. The predicted octanol–water partition coefficient (Wildman–Crippen LogP) is -1.47. The molecule has 0 aliphatic rings. The highest BCUT2D eigenvalue weighted by atomic mass is 32.2. The van der Waals surface area contributed by atoms with E-state index >= 15 is 0 Å². The summed E-state index contributed by atoms with van der Waals surface area (Å²) in [6.07, 6.45) is 1.51. The van der Waals surface area contributed by atoms with Crippen LogP contribution in [0.1, 0.15) is 6.42 Å². The number of hydrogen-bond donors (Lipinski definition) is 3. The molecule has 0 aromatic rings.